The van der Waals surface area contributed by atoms with Crippen molar-refractivity contribution in [3.05, 3.63) is 39.5 Å². The van der Waals surface area contributed by atoms with Gasteiger partial charge < -0.3 is 16.0 Å². The third-order valence-electron chi connectivity index (χ3n) is 4.71. The Morgan fingerprint density at radius 2 is 1.93 bits per heavy atom. The normalized spacial score (nSPS) is 13.9. The first-order valence-electron chi connectivity index (χ1n) is 8.73. The van der Waals surface area contributed by atoms with Gasteiger partial charge in [0.1, 0.15) is 19.0 Å². The van der Waals surface area contributed by atoms with E-state index in [9.17, 15) is 18.4 Å². The number of fused-ring (bicyclic) bond motifs is 1. The molecule has 11 heteroatoms. The van der Waals surface area contributed by atoms with Gasteiger partial charge in [-0.15, -0.1) is 0 Å². The molecule has 156 valence electrons. The summed E-state index contributed by atoms with van der Waals surface area (Å²) in [6.45, 7) is -0.284. The lowest BCUT2D eigenvalue weighted by Crippen LogP contribution is -2.55. The van der Waals surface area contributed by atoms with Crippen LogP contribution in [0.15, 0.2) is 18.2 Å². The Bertz CT molecular complexity index is 962. The average Bonchev–Trinajstić information content (AvgIpc) is 3.08. The summed E-state index contributed by atoms with van der Waals surface area (Å²) >= 11 is 12.0. The van der Waals surface area contributed by atoms with Crippen LogP contribution in [-0.2, 0) is 13.1 Å². The van der Waals surface area contributed by atoms with Crippen LogP contribution >= 0.6 is 23.2 Å². The van der Waals surface area contributed by atoms with Gasteiger partial charge in [0.15, 0.2) is 0 Å². The largest absolute Gasteiger partial charge is 0.365 e. The Morgan fingerprint density at radius 3 is 2.52 bits per heavy atom. The summed E-state index contributed by atoms with van der Waals surface area (Å²) in [7, 11) is 0. The Kier molecular flexibility index (Phi) is 6.00. The van der Waals surface area contributed by atoms with E-state index in [1.54, 1.807) is 22.9 Å². The van der Waals surface area contributed by atoms with E-state index in [1.165, 1.54) is 11.8 Å². The number of alkyl halides is 2. The van der Waals surface area contributed by atoms with Gasteiger partial charge in [0.2, 0.25) is 0 Å². The van der Waals surface area contributed by atoms with Gasteiger partial charge in [-0.05, 0) is 19.1 Å². The molecule has 0 unspecified atom stereocenters. The van der Waals surface area contributed by atoms with Gasteiger partial charge in [0.25, 0.3) is 5.91 Å². The van der Waals surface area contributed by atoms with E-state index in [0.717, 1.165) is 0 Å². The number of urea groups is 1. The molecule has 3 N–H and O–H groups in total. The molecule has 1 aromatic heterocycles. The minimum absolute atomic E-state index is 0.00702. The SMILES string of the molecule is CC(CF)(CF)NC(=O)N1CCn2nc(-c3ccc(Cl)c(Cl)c3)c(C(N)=O)c2C1. The number of amides is 3. The van der Waals surface area contributed by atoms with E-state index < -0.39 is 30.8 Å². The van der Waals surface area contributed by atoms with Crippen molar-refractivity contribution in [3.8, 4) is 11.3 Å². The van der Waals surface area contributed by atoms with E-state index in [2.05, 4.69) is 10.4 Å². The number of rotatable bonds is 5. The zero-order valence-corrected chi connectivity index (χ0v) is 17.0. The summed E-state index contributed by atoms with van der Waals surface area (Å²) in [6, 6.07) is 4.18. The first-order valence-corrected chi connectivity index (χ1v) is 9.48. The van der Waals surface area contributed by atoms with Gasteiger partial charge in [0, 0.05) is 12.1 Å². The molecule has 0 radical (unpaired) electrons. The van der Waals surface area contributed by atoms with Crippen LogP contribution in [0.4, 0.5) is 13.6 Å². The van der Waals surface area contributed by atoms with Crippen molar-refractivity contribution in [1.29, 1.82) is 0 Å². The summed E-state index contributed by atoms with van der Waals surface area (Å²) in [4.78, 5) is 26.0. The van der Waals surface area contributed by atoms with Crippen LogP contribution in [0.25, 0.3) is 11.3 Å². The molecule has 2 aromatic rings. The maximum absolute atomic E-state index is 13.1. The highest BCUT2D eigenvalue weighted by Gasteiger charge is 2.33. The molecule has 0 spiro atoms. The third-order valence-corrected chi connectivity index (χ3v) is 5.44. The highest BCUT2D eigenvalue weighted by atomic mass is 35.5. The maximum atomic E-state index is 13.1. The number of hydrogen-bond donors (Lipinski definition) is 2. The summed E-state index contributed by atoms with van der Waals surface area (Å²) in [5.74, 6) is -0.716. The Morgan fingerprint density at radius 1 is 1.24 bits per heavy atom. The smallest absolute Gasteiger partial charge is 0.318 e. The van der Waals surface area contributed by atoms with Crippen LogP contribution in [0.3, 0.4) is 0 Å². The number of nitrogens with zero attached hydrogens (tertiary/aromatic N) is 3. The third kappa shape index (κ3) is 4.16. The molecule has 0 aliphatic carbocycles. The quantitative estimate of drug-likeness (QED) is 0.739. The fourth-order valence-corrected chi connectivity index (χ4v) is 3.33. The number of hydrogen-bond acceptors (Lipinski definition) is 3. The second kappa shape index (κ2) is 8.16. The summed E-state index contributed by atoms with van der Waals surface area (Å²) in [5.41, 5.74) is 5.44. The molecule has 3 amide bonds. The highest BCUT2D eigenvalue weighted by Crippen LogP contribution is 2.32. The standard InChI is InChI=1S/C18H19Cl2F2N5O2/c1-18(8-21,9-22)24-17(29)26-4-5-27-13(7-26)14(16(23)28)15(25-27)10-2-3-11(19)12(20)6-10/h2-3,6H,4-5,7-9H2,1H3,(H2,23,28)(H,24,29). The number of carbonyl (C=O) groups excluding carboxylic acids is 2. The highest BCUT2D eigenvalue weighted by molar-refractivity contribution is 6.42. The number of aromatic nitrogens is 2. The van der Waals surface area contributed by atoms with Crippen LogP contribution in [0.1, 0.15) is 23.0 Å². The van der Waals surface area contributed by atoms with E-state index in [-0.39, 0.29) is 25.2 Å². The lowest BCUT2D eigenvalue weighted by atomic mass is 10.0. The predicted molar refractivity (Wildman–Crippen MR) is 105 cm³/mol. The summed E-state index contributed by atoms with van der Waals surface area (Å²) < 4.78 is 27.7. The minimum atomic E-state index is -1.60. The molecule has 29 heavy (non-hydrogen) atoms. The first kappa shape index (κ1) is 21.3. The van der Waals surface area contributed by atoms with Gasteiger partial charge in [-0.3, -0.25) is 9.48 Å². The van der Waals surface area contributed by atoms with Crippen molar-refractivity contribution in [2.24, 2.45) is 5.73 Å². The second-order valence-corrected chi connectivity index (χ2v) is 7.88. The average molecular weight is 446 g/mol. The number of carbonyl (C=O) groups is 2. The van der Waals surface area contributed by atoms with Crippen LogP contribution < -0.4 is 11.1 Å². The van der Waals surface area contributed by atoms with E-state index in [1.807, 2.05) is 0 Å². The van der Waals surface area contributed by atoms with Crippen molar-refractivity contribution in [3.63, 3.8) is 0 Å². The lowest BCUT2D eigenvalue weighted by molar-refractivity contribution is 0.0996. The molecule has 0 saturated carbocycles. The maximum Gasteiger partial charge on any atom is 0.318 e. The van der Waals surface area contributed by atoms with Crippen molar-refractivity contribution in [2.45, 2.75) is 25.6 Å². The Hall–Kier alpha value is -2.39. The van der Waals surface area contributed by atoms with Crippen LogP contribution in [0.2, 0.25) is 10.0 Å². The number of halogens is 4. The zero-order valence-electron chi connectivity index (χ0n) is 15.5. The topological polar surface area (TPSA) is 93.2 Å². The molecule has 3 rings (SSSR count). The Balaban J connectivity index is 1.94. The van der Waals surface area contributed by atoms with Crippen molar-refractivity contribution < 1.29 is 18.4 Å². The monoisotopic (exact) mass is 445 g/mol. The van der Waals surface area contributed by atoms with Gasteiger partial charge in [-0.2, -0.15) is 5.10 Å². The summed E-state index contributed by atoms with van der Waals surface area (Å²) in [6.07, 6.45) is 0. The van der Waals surface area contributed by atoms with E-state index in [0.29, 0.717) is 27.0 Å². The molecule has 0 atom stereocenters. The molecular weight excluding hydrogens is 427 g/mol. The van der Waals surface area contributed by atoms with Crippen LogP contribution in [0, 0.1) is 0 Å². The summed E-state index contributed by atoms with van der Waals surface area (Å²) in [5, 5.41) is 7.45. The molecule has 1 aliphatic rings. The van der Waals surface area contributed by atoms with Gasteiger partial charge in [-0.1, -0.05) is 29.3 Å². The van der Waals surface area contributed by atoms with Gasteiger partial charge in [-0.25, -0.2) is 13.6 Å². The molecule has 1 aliphatic heterocycles. The predicted octanol–water partition coefficient (Wildman–Crippen LogP) is 3.18. The van der Waals surface area contributed by atoms with Gasteiger partial charge >= 0.3 is 6.03 Å². The minimum Gasteiger partial charge on any atom is -0.365 e. The molecule has 0 fully saturated rings. The van der Waals surface area contributed by atoms with Crippen LogP contribution in [-0.4, -0.2) is 52.1 Å². The lowest BCUT2D eigenvalue weighted by Gasteiger charge is -2.32. The van der Waals surface area contributed by atoms with E-state index in [4.69, 9.17) is 28.9 Å². The number of nitrogens with one attached hydrogen (secondary N) is 1. The zero-order chi connectivity index (χ0) is 21.3. The molecule has 0 bridgehead atoms. The fraction of sp³-hybridized carbons (Fsp3) is 0.389. The molecular formula is C18H19Cl2F2N5O2. The van der Waals surface area contributed by atoms with Crippen LogP contribution in [0.5, 0.6) is 0 Å². The molecule has 1 aromatic carbocycles. The van der Waals surface area contributed by atoms with Crippen molar-refractivity contribution >= 4 is 35.1 Å². The first-order chi connectivity index (χ1) is 13.7. The van der Waals surface area contributed by atoms with E-state index >= 15 is 0 Å². The molecule has 2 heterocycles. The van der Waals surface area contributed by atoms with Crippen molar-refractivity contribution in [2.75, 3.05) is 19.9 Å². The Labute approximate surface area is 175 Å². The number of primary amides is 1. The molecule has 0 saturated heterocycles. The molecule has 7 nitrogen and oxygen atoms in total. The fourth-order valence-electron chi connectivity index (χ4n) is 3.04. The second-order valence-electron chi connectivity index (χ2n) is 7.07. The number of benzene rings is 1. The van der Waals surface area contributed by atoms with Gasteiger partial charge in [0.05, 0.1) is 39.9 Å². The number of nitrogens with two attached hydrogens (primary N) is 1. The van der Waals surface area contributed by atoms with Crippen molar-refractivity contribution in [1.82, 2.24) is 20.0 Å².